The molecule has 1 atom stereocenters. The van der Waals surface area contributed by atoms with E-state index in [1.54, 1.807) is 41.5 Å². The lowest BCUT2D eigenvalue weighted by molar-refractivity contribution is -0.127. The average Bonchev–Trinajstić information content (AvgIpc) is 3.37. The number of ether oxygens (including phenoxy) is 1. The Hall–Kier alpha value is -2.45. The van der Waals surface area contributed by atoms with Crippen LogP contribution < -0.4 is 5.32 Å². The van der Waals surface area contributed by atoms with Crippen molar-refractivity contribution < 1.29 is 18.8 Å². The smallest absolute Gasteiger partial charge is 0.437 e. The number of aliphatic imine (C=N–C) groups is 1. The zero-order valence-corrected chi connectivity index (χ0v) is 22.1. The van der Waals surface area contributed by atoms with Gasteiger partial charge in [-0.15, -0.1) is 4.99 Å². The van der Waals surface area contributed by atoms with Crippen molar-refractivity contribution >= 4 is 18.0 Å². The van der Waals surface area contributed by atoms with E-state index in [1.807, 2.05) is 4.90 Å². The minimum atomic E-state index is -0.753. The number of aryl methyl sites for hydroxylation is 1. The normalized spacial score (nSPS) is 17.2. The standard InChI is InChI=1S/C25H43N5O4/c1-8-9-10-11-12-13-16-19-26-20(34-29-19)18-15-14-17-30(18)22(27-21(31)24(2,3)4)28-23(32)33-25(5,6)7/h18H,8-17H2,1-7H3,(H,27,28,31,32)/t18-/m0/s1. The molecule has 2 rings (SSSR count). The molecule has 0 unspecified atom stereocenters. The number of rotatable bonds is 8. The summed E-state index contributed by atoms with van der Waals surface area (Å²) in [5.74, 6) is 1.10. The highest BCUT2D eigenvalue weighted by atomic mass is 16.6. The number of aromatic nitrogens is 2. The fourth-order valence-corrected chi connectivity index (χ4v) is 3.67. The Morgan fingerprint density at radius 3 is 2.44 bits per heavy atom. The molecule has 0 aliphatic carbocycles. The van der Waals surface area contributed by atoms with Crippen LogP contribution in [0, 0.1) is 5.41 Å². The van der Waals surface area contributed by atoms with Gasteiger partial charge in [0.25, 0.3) is 0 Å². The summed E-state index contributed by atoms with van der Waals surface area (Å²) in [6, 6.07) is -0.257. The number of hydrogen-bond acceptors (Lipinski definition) is 6. The molecule has 0 spiro atoms. The Balaban J connectivity index is 2.14. The maximum absolute atomic E-state index is 12.7. The van der Waals surface area contributed by atoms with Gasteiger partial charge in [0, 0.05) is 18.4 Å². The molecule has 192 valence electrons. The van der Waals surface area contributed by atoms with Crippen LogP contribution in [0.1, 0.15) is 118 Å². The zero-order valence-electron chi connectivity index (χ0n) is 22.1. The molecule has 1 aromatic rings. The first-order valence-corrected chi connectivity index (χ1v) is 12.6. The quantitative estimate of drug-likeness (QED) is 0.296. The van der Waals surface area contributed by atoms with Crippen molar-refractivity contribution in [2.45, 2.75) is 118 Å². The molecule has 0 aromatic carbocycles. The van der Waals surface area contributed by atoms with Crippen LogP contribution in [0.4, 0.5) is 4.79 Å². The first kappa shape index (κ1) is 27.8. The number of nitrogens with zero attached hydrogens (tertiary/aromatic N) is 4. The monoisotopic (exact) mass is 477 g/mol. The minimum absolute atomic E-state index is 0.160. The summed E-state index contributed by atoms with van der Waals surface area (Å²) in [5, 5.41) is 6.99. The lowest BCUT2D eigenvalue weighted by Gasteiger charge is -2.28. The highest BCUT2D eigenvalue weighted by Gasteiger charge is 2.36. The molecule has 1 fully saturated rings. The van der Waals surface area contributed by atoms with E-state index in [0.717, 1.165) is 32.1 Å². The topological polar surface area (TPSA) is 110 Å². The Labute approximate surface area is 204 Å². The van der Waals surface area contributed by atoms with E-state index < -0.39 is 17.1 Å². The molecule has 1 saturated heterocycles. The van der Waals surface area contributed by atoms with Gasteiger partial charge in [0.15, 0.2) is 5.82 Å². The highest BCUT2D eigenvalue weighted by molar-refractivity contribution is 6.02. The van der Waals surface area contributed by atoms with Crippen molar-refractivity contribution in [1.82, 2.24) is 20.4 Å². The van der Waals surface area contributed by atoms with Crippen LogP contribution in [0.5, 0.6) is 0 Å². The van der Waals surface area contributed by atoms with Gasteiger partial charge < -0.3 is 14.2 Å². The molecule has 2 amide bonds. The third kappa shape index (κ3) is 9.06. The number of unbranched alkanes of at least 4 members (excludes halogenated alkanes) is 5. The van der Waals surface area contributed by atoms with E-state index >= 15 is 0 Å². The van der Waals surface area contributed by atoms with Gasteiger partial charge in [-0.1, -0.05) is 65.0 Å². The van der Waals surface area contributed by atoms with Gasteiger partial charge in [-0.05, 0) is 40.0 Å². The van der Waals surface area contributed by atoms with Gasteiger partial charge in [-0.25, -0.2) is 4.79 Å². The molecule has 9 heteroatoms. The molecule has 1 aliphatic heterocycles. The molecule has 0 bridgehead atoms. The second kappa shape index (κ2) is 12.3. The summed E-state index contributed by atoms with van der Waals surface area (Å²) in [6.45, 7) is 13.6. The molecular weight excluding hydrogens is 434 g/mol. The van der Waals surface area contributed by atoms with Crippen LogP contribution in [-0.4, -0.2) is 45.1 Å². The summed E-state index contributed by atoms with van der Waals surface area (Å²) < 4.78 is 11.0. The Bertz CT molecular complexity index is 835. The summed E-state index contributed by atoms with van der Waals surface area (Å²) in [7, 11) is 0. The fourth-order valence-electron chi connectivity index (χ4n) is 3.67. The average molecular weight is 478 g/mol. The number of carbonyl (C=O) groups excluding carboxylic acids is 2. The van der Waals surface area contributed by atoms with Gasteiger partial charge in [0.2, 0.25) is 17.8 Å². The second-order valence-electron chi connectivity index (χ2n) is 11.0. The van der Waals surface area contributed by atoms with Crippen molar-refractivity contribution in [3.8, 4) is 0 Å². The predicted octanol–water partition coefficient (Wildman–Crippen LogP) is 5.56. The lowest BCUT2D eigenvalue weighted by Crippen LogP contribution is -2.48. The van der Waals surface area contributed by atoms with E-state index in [4.69, 9.17) is 9.26 Å². The van der Waals surface area contributed by atoms with E-state index in [9.17, 15) is 9.59 Å². The predicted molar refractivity (Wildman–Crippen MR) is 131 cm³/mol. The van der Waals surface area contributed by atoms with Gasteiger partial charge in [-0.2, -0.15) is 4.98 Å². The largest absolute Gasteiger partial charge is 0.442 e. The SMILES string of the molecule is CCCCCCCCc1noc([C@@H]2CCCN2C(=NC(=O)OC(C)(C)C)NC(=O)C(C)(C)C)n1. The molecular formula is C25H43N5O4. The maximum atomic E-state index is 12.7. The van der Waals surface area contributed by atoms with Crippen LogP contribution in [-0.2, 0) is 16.0 Å². The van der Waals surface area contributed by atoms with Gasteiger partial charge in [0.05, 0.1) is 0 Å². The van der Waals surface area contributed by atoms with E-state index in [1.165, 1.54) is 25.7 Å². The van der Waals surface area contributed by atoms with Crippen LogP contribution in [0.25, 0.3) is 0 Å². The fraction of sp³-hybridized carbons (Fsp3) is 0.800. The van der Waals surface area contributed by atoms with E-state index in [0.29, 0.717) is 18.3 Å². The summed E-state index contributed by atoms with van der Waals surface area (Å²) in [4.78, 5) is 35.8. The highest BCUT2D eigenvalue weighted by Crippen LogP contribution is 2.31. The first-order valence-electron chi connectivity index (χ1n) is 12.6. The number of carbonyl (C=O) groups is 2. The van der Waals surface area contributed by atoms with Crippen LogP contribution in [0.2, 0.25) is 0 Å². The number of hydrogen-bond donors (Lipinski definition) is 1. The van der Waals surface area contributed by atoms with Crippen molar-refractivity contribution in [1.29, 1.82) is 0 Å². The number of guanidine groups is 1. The molecule has 2 heterocycles. The van der Waals surface area contributed by atoms with E-state index in [2.05, 4.69) is 27.4 Å². The summed E-state index contributed by atoms with van der Waals surface area (Å²) in [5.41, 5.74) is -1.35. The zero-order chi connectivity index (χ0) is 25.4. The third-order valence-corrected chi connectivity index (χ3v) is 5.54. The Morgan fingerprint density at radius 1 is 1.12 bits per heavy atom. The summed E-state index contributed by atoms with van der Waals surface area (Å²) >= 11 is 0. The third-order valence-electron chi connectivity index (χ3n) is 5.54. The van der Waals surface area contributed by atoms with Crippen LogP contribution in [0.3, 0.4) is 0 Å². The second-order valence-corrected chi connectivity index (χ2v) is 11.0. The van der Waals surface area contributed by atoms with Gasteiger partial charge in [-0.3, -0.25) is 10.1 Å². The van der Waals surface area contributed by atoms with E-state index in [-0.39, 0.29) is 17.9 Å². The molecule has 0 radical (unpaired) electrons. The van der Waals surface area contributed by atoms with Crippen molar-refractivity contribution in [3.05, 3.63) is 11.7 Å². The van der Waals surface area contributed by atoms with Crippen LogP contribution in [0.15, 0.2) is 9.52 Å². The minimum Gasteiger partial charge on any atom is -0.442 e. The molecule has 1 aliphatic rings. The van der Waals surface area contributed by atoms with Crippen molar-refractivity contribution in [3.63, 3.8) is 0 Å². The van der Waals surface area contributed by atoms with Gasteiger partial charge >= 0.3 is 6.09 Å². The van der Waals surface area contributed by atoms with Crippen molar-refractivity contribution in [2.24, 2.45) is 10.4 Å². The first-order chi connectivity index (χ1) is 15.9. The lowest BCUT2D eigenvalue weighted by atomic mass is 9.96. The van der Waals surface area contributed by atoms with Crippen molar-refractivity contribution in [2.75, 3.05) is 6.54 Å². The molecule has 34 heavy (non-hydrogen) atoms. The van der Waals surface area contributed by atoms with Gasteiger partial charge in [0.1, 0.15) is 11.6 Å². The number of amides is 2. The molecule has 0 saturated carbocycles. The molecule has 1 N–H and O–H groups in total. The maximum Gasteiger partial charge on any atom is 0.437 e. The Kier molecular flexibility index (Phi) is 10.1. The molecule has 9 nitrogen and oxygen atoms in total. The Morgan fingerprint density at radius 2 is 1.79 bits per heavy atom. The summed E-state index contributed by atoms with van der Waals surface area (Å²) in [6.07, 6.45) is 8.84. The number of likely N-dealkylation sites (tertiary alicyclic amines) is 1. The number of nitrogens with one attached hydrogen (secondary N) is 1. The molecule has 1 aromatic heterocycles. The van der Waals surface area contributed by atoms with Crippen LogP contribution >= 0.6 is 0 Å².